The molecule has 3 nitrogen and oxygen atoms in total. The number of rotatable bonds is 6. The predicted molar refractivity (Wildman–Crippen MR) is 145 cm³/mol. The van der Waals surface area contributed by atoms with E-state index in [4.69, 9.17) is 16.3 Å². The van der Waals surface area contributed by atoms with Crippen LogP contribution in [0.15, 0.2) is 84.4 Å². The molecule has 0 saturated heterocycles. The Morgan fingerprint density at radius 2 is 1.60 bits per heavy atom. The van der Waals surface area contributed by atoms with Crippen LogP contribution in [0.1, 0.15) is 61.6 Å². The van der Waals surface area contributed by atoms with Crippen molar-refractivity contribution < 1.29 is 9.53 Å². The van der Waals surface area contributed by atoms with Crippen LogP contribution in [0, 0.1) is 0 Å². The zero-order chi connectivity index (χ0) is 24.2. The van der Waals surface area contributed by atoms with E-state index in [9.17, 15) is 4.79 Å². The summed E-state index contributed by atoms with van der Waals surface area (Å²) in [5.74, 6) is 1.42. The Morgan fingerprint density at radius 3 is 2.26 bits per heavy atom. The Kier molecular flexibility index (Phi) is 7.06. The van der Waals surface area contributed by atoms with Crippen molar-refractivity contribution in [2.24, 2.45) is 0 Å². The molecule has 0 spiro atoms. The molecule has 35 heavy (non-hydrogen) atoms. The van der Waals surface area contributed by atoms with Crippen molar-refractivity contribution in [1.29, 1.82) is 0 Å². The maximum atomic E-state index is 13.7. The van der Waals surface area contributed by atoms with Gasteiger partial charge in [0, 0.05) is 16.3 Å². The SMILES string of the molecule is CCOc1ccc(/C=C2\C=C(c3ccc(Cl)cc3)N(c3ccc(C4CCCCC4)cc3)C2=O)cc1. The molecule has 0 radical (unpaired) electrons. The van der Waals surface area contributed by atoms with Gasteiger partial charge in [-0.2, -0.15) is 0 Å². The van der Waals surface area contributed by atoms with Crippen LogP contribution in [0.25, 0.3) is 11.8 Å². The fraction of sp³-hybridized carbons (Fsp3) is 0.258. The minimum Gasteiger partial charge on any atom is -0.494 e. The minimum absolute atomic E-state index is 0.0331. The number of carbonyl (C=O) groups excluding carboxylic acids is 1. The average Bonchev–Trinajstić information content (AvgIpc) is 3.22. The summed E-state index contributed by atoms with van der Waals surface area (Å²) >= 11 is 6.14. The summed E-state index contributed by atoms with van der Waals surface area (Å²) in [5.41, 5.74) is 5.67. The molecule has 1 aliphatic heterocycles. The molecule has 0 N–H and O–H groups in total. The van der Waals surface area contributed by atoms with E-state index in [1.807, 2.05) is 72.5 Å². The lowest BCUT2D eigenvalue weighted by atomic mass is 9.84. The van der Waals surface area contributed by atoms with Gasteiger partial charge in [-0.15, -0.1) is 0 Å². The quantitative estimate of drug-likeness (QED) is 0.330. The Morgan fingerprint density at radius 1 is 0.914 bits per heavy atom. The first-order chi connectivity index (χ1) is 17.1. The van der Waals surface area contributed by atoms with Gasteiger partial charge < -0.3 is 4.74 Å². The van der Waals surface area contributed by atoms with Crippen LogP contribution in [0.5, 0.6) is 5.75 Å². The van der Waals surface area contributed by atoms with Gasteiger partial charge in [-0.25, -0.2) is 0 Å². The molecule has 2 aliphatic rings. The van der Waals surface area contributed by atoms with Gasteiger partial charge in [0.05, 0.1) is 12.3 Å². The van der Waals surface area contributed by atoms with Crippen molar-refractivity contribution >= 4 is 35.0 Å². The molecule has 1 saturated carbocycles. The highest BCUT2D eigenvalue weighted by molar-refractivity contribution is 6.30. The number of halogens is 1. The predicted octanol–water partition coefficient (Wildman–Crippen LogP) is 8.26. The summed E-state index contributed by atoms with van der Waals surface area (Å²) in [5, 5.41) is 0.673. The van der Waals surface area contributed by atoms with Crippen LogP contribution in [0.3, 0.4) is 0 Å². The van der Waals surface area contributed by atoms with Gasteiger partial charge in [0.15, 0.2) is 0 Å². The topological polar surface area (TPSA) is 29.5 Å². The molecular weight excluding hydrogens is 454 g/mol. The van der Waals surface area contributed by atoms with Gasteiger partial charge >= 0.3 is 0 Å². The number of anilines is 1. The first-order valence-electron chi connectivity index (χ1n) is 12.5. The van der Waals surface area contributed by atoms with Crippen LogP contribution < -0.4 is 9.64 Å². The van der Waals surface area contributed by atoms with Crippen molar-refractivity contribution in [2.75, 3.05) is 11.5 Å². The van der Waals surface area contributed by atoms with E-state index in [-0.39, 0.29) is 5.91 Å². The lowest BCUT2D eigenvalue weighted by Gasteiger charge is -2.24. The molecule has 5 rings (SSSR count). The summed E-state index contributed by atoms with van der Waals surface area (Å²) in [6, 6.07) is 24.0. The van der Waals surface area contributed by atoms with Gasteiger partial charge in [0.25, 0.3) is 5.91 Å². The summed E-state index contributed by atoms with van der Waals surface area (Å²) in [4.78, 5) is 15.5. The van der Waals surface area contributed by atoms with E-state index in [2.05, 4.69) is 24.3 Å². The lowest BCUT2D eigenvalue weighted by molar-refractivity contribution is -0.113. The van der Waals surface area contributed by atoms with Crippen molar-refractivity contribution in [3.8, 4) is 5.75 Å². The second kappa shape index (κ2) is 10.5. The van der Waals surface area contributed by atoms with Crippen LogP contribution >= 0.6 is 11.6 Å². The smallest absolute Gasteiger partial charge is 0.262 e. The molecule has 1 fully saturated rings. The zero-order valence-electron chi connectivity index (χ0n) is 20.0. The molecule has 1 aliphatic carbocycles. The summed E-state index contributed by atoms with van der Waals surface area (Å²) in [7, 11) is 0. The second-order valence-corrected chi connectivity index (χ2v) is 9.64. The van der Waals surface area contributed by atoms with E-state index in [0.29, 0.717) is 23.1 Å². The van der Waals surface area contributed by atoms with Gasteiger partial charge in [-0.1, -0.05) is 67.3 Å². The van der Waals surface area contributed by atoms with Crippen molar-refractivity contribution in [1.82, 2.24) is 0 Å². The number of hydrogen-bond donors (Lipinski definition) is 0. The van der Waals surface area contributed by atoms with Crippen LogP contribution in [0.4, 0.5) is 5.69 Å². The van der Waals surface area contributed by atoms with E-state index in [0.717, 1.165) is 28.3 Å². The number of benzene rings is 3. The fourth-order valence-corrected chi connectivity index (χ4v) is 5.17. The highest BCUT2D eigenvalue weighted by Gasteiger charge is 2.30. The van der Waals surface area contributed by atoms with Crippen molar-refractivity contribution in [3.63, 3.8) is 0 Å². The highest BCUT2D eigenvalue weighted by atomic mass is 35.5. The monoisotopic (exact) mass is 483 g/mol. The first-order valence-corrected chi connectivity index (χ1v) is 12.9. The van der Waals surface area contributed by atoms with Gasteiger partial charge in [0.2, 0.25) is 0 Å². The molecule has 1 amide bonds. The second-order valence-electron chi connectivity index (χ2n) is 9.21. The summed E-state index contributed by atoms with van der Waals surface area (Å²) in [6.45, 7) is 2.59. The van der Waals surface area contributed by atoms with E-state index in [1.54, 1.807) is 0 Å². The van der Waals surface area contributed by atoms with Crippen molar-refractivity contribution in [3.05, 3.63) is 106 Å². The Labute approximate surface area is 212 Å². The van der Waals surface area contributed by atoms with Gasteiger partial charge in [-0.05, 0) is 90.9 Å². The number of ether oxygens (including phenoxy) is 1. The van der Waals surface area contributed by atoms with Crippen LogP contribution in [0.2, 0.25) is 5.02 Å². The summed E-state index contributed by atoms with van der Waals surface area (Å²) in [6.07, 6.45) is 10.4. The largest absolute Gasteiger partial charge is 0.494 e. The molecular formula is C31H30ClNO2. The van der Waals surface area contributed by atoms with Crippen LogP contribution in [-0.2, 0) is 4.79 Å². The van der Waals surface area contributed by atoms with E-state index < -0.39 is 0 Å². The molecule has 1 heterocycles. The third-order valence-corrected chi connectivity index (χ3v) is 7.12. The van der Waals surface area contributed by atoms with Gasteiger partial charge in [0.1, 0.15) is 5.75 Å². The first kappa shape index (κ1) is 23.4. The fourth-order valence-electron chi connectivity index (χ4n) is 5.04. The molecule has 0 aromatic heterocycles. The molecule has 0 unspecified atom stereocenters. The van der Waals surface area contributed by atoms with Crippen LogP contribution in [-0.4, -0.2) is 12.5 Å². The molecule has 4 heteroatoms. The maximum absolute atomic E-state index is 13.7. The third kappa shape index (κ3) is 5.21. The minimum atomic E-state index is -0.0331. The number of hydrogen-bond acceptors (Lipinski definition) is 2. The number of amides is 1. The normalized spacial score (nSPS) is 17.7. The molecule has 0 atom stereocenters. The number of nitrogens with zero attached hydrogens (tertiary/aromatic N) is 1. The molecule has 0 bridgehead atoms. The molecule has 178 valence electrons. The Bertz CT molecular complexity index is 1230. The standard InChI is InChI=1S/C31H30ClNO2/c1-2-35-29-18-8-22(9-19-29)20-26-21-30(25-10-14-27(32)15-11-25)33(31(26)34)28-16-12-24(13-17-28)23-6-4-3-5-7-23/h8-21,23H,2-7H2,1H3/b26-20+. The van der Waals surface area contributed by atoms with E-state index in [1.165, 1.54) is 37.7 Å². The molecule has 3 aromatic carbocycles. The van der Waals surface area contributed by atoms with Crippen molar-refractivity contribution in [2.45, 2.75) is 44.9 Å². The van der Waals surface area contributed by atoms with E-state index >= 15 is 0 Å². The Hall–Kier alpha value is -3.30. The highest BCUT2D eigenvalue weighted by Crippen LogP contribution is 2.38. The lowest BCUT2D eigenvalue weighted by Crippen LogP contribution is -2.25. The Balaban J connectivity index is 1.48. The average molecular weight is 484 g/mol. The molecule has 3 aromatic rings. The maximum Gasteiger partial charge on any atom is 0.262 e. The summed E-state index contributed by atoms with van der Waals surface area (Å²) < 4.78 is 5.55. The van der Waals surface area contributed by atoms with Gasteiger partial charge in [-0.3, -0.25) is 9.69 Å². The number of carbonyl (C=O) groups is 1. The zero-order valence-corrected chi connectivity index (χ0v) is 20.8. The third-order valence-electron chi connectivity index (χ3n) is 6.86.